The van der Waals surface area contributed by atoms with E-state index in [9.17, 15) is 9.59 Å². The van der Waals surface area contributed by atoms with Crippen molar-refractivity contribution in [2.45, 2.75) is 19.4 Å². The highest BCUT2D eigenvalue weighted by molar-refractivity contribution is 5.95. The maximum absolute atomic E-state index is 11.4. The minimum Gasteiger partial charge on any atom is -0.393 e. The summed E-state index contributed by atoms with van der Waals surface area (Å²) < 4.78 is 0. The minimum atomic E-state index is -0.529. The summed E-state index contributed by atoms with van der Waals surface area (Å²) in [7, 11) is 1.75. The third-order valence-corrected chi connectivity index (χ3v) is 2.00. The van der Waals surface area contributed by atoms with Crippen molar-refractivity contribution in [2.24, 2.45) is 0 Å². The maximum Gasteiger partial charge on any atom is 0.321 e. The normalized spacial score (nSPS) is 12.0. The number of rotatable bonds is 7. The monoisotopic (exact) mass is 243 g/mol. The van der Waals surface area contributed by atoms with Crippen LogP contribution < -0.4 is 10.6 Å². The molecule has 0 aliphatic rings. The standard InChI is InChI=1S/C11H21N3O3/c1-4-6-12-11(17)13-10(16)8-14(3)7-5-9(2)15/h4,9,15H,1,5-8H2,2-3H3,(H2,12,13,16,17). The molecule has 0 rings (SSSR count). The van der Waals surface area contributed by atoms with Crippen molar-refractivity contribution in [3.05, 3.63) is 12.7 Å². The van der Waals surface area contributed by atoms with E-state index >= 15 is 0 Å². The van der Waals surface area contributed by atoms with E-state index in [1.807, 2.05) is 0 Å². The van der Waals surface area contributed by atoms with Gasteiger partial charge in [-0.25, -0.2) is 4.79 Å². The molecule has 0 aromatic carbocycles. The van der Waals surface area contributed by atoms with E-state index in [0.717, 1.165) is 0 Å². The van der Waals surface area contributed by atoms with E-state index in [4.69, 9.17) is 5.11 Å². The van der Waals surface area contributed by atoms with Gasteiger partial charge in [0.15, 0.2) is 0 Å². The highest BCUT2D eigenvalue weighted by Gasteiger charge is 2.10. The Labute approximate surface area is 102 Å². The average Bonchev–Trinajstić information content (AvgIpc) is 2.23. The van der Waals surface area contributed by atoms with Crippen molar-refractivity contribution in [3.63, 3.8) is 0 Å². The van der Waals surface area contributed by atoms with Crippen LogP contribution in [0.25, 0.3) is 0 Å². The predicted molar refractivity (Wildman–Crippen MR) is 65.5 cm³/mol. The number of nitrogens with zero attached hydrogens (tertiary/aromatic N) is 1. The smallest absolute Gasteiger partial charge is 0.321 e. The first-order valence-electron chi connectivity index (χ1n) is 5.51. The van der Waals surface area contributed by atoms with Crippen LogP contribution in [0.1, 0.15) is 13.3 Å². The van der Waals surface area contributed by atoms with Gasteiger partial charge in [0.1, 0.15) is 0 Å². The van der Waals surface area contributed by atoms with Crippen LogP contribution >= 0.6 is 0 Å². The molecular weight excluding hydrogens is 222 g/mol. The number of aliphatic hydroxyl groups is 1. The van der Waals surface area contributed by atoms with Crippen molar-refractivity contribution >= 4 is 11.9 Å². The Balaban J connectivity index is 3.76. The molecule has 0 fully saturated rings. The van der Waals surface area contributed by atoms with Crippen LogP contribution in [0.2, 0.25) is 0 Å². The molecule has 0 aliphatic heterocycles. The summed E-state index contributed by atoms with van der Waals surface area (Å²) in [6, 6.07) is -0.529. The molecule has 0 saturated heterocycles. The third-order valence-electron chi connectivity index (χ3n) is 2.00. The molecule has 1 unspecified atom stereocenters. The van der Waals surface area contributed by atoms with Crippen LogP contribution in [0.3, 0.4) is 0 Å². The van der Waals surface area contributed by atoms with E-state index < -0.39 is 12.1 Å². The van der Waals surface area contributed by atoms with Crippen molar-refractivity contribution in [1.82, 2.24) is 15.5 Å². The van der Waals surface area contributed by atoms with Crippen LogP contribution in [-0.4, -0.2) is 54.7 Å². The van der Waals surface area contributed by atoms with Gasteiger partial charge in [-0.05, 0) is 20.4 Å². The van der Waals surface area contributed by atoms with Gasteiger partial charge in [-0.2, -0.15) is 0 Å². The lowest BCUT2D eigenvalue weighted by Crippen LogP contribution is -2.44. The fourth-order valence-electron chi connectivity index (χ4n) is 1.11. The van der Waals surface area contributed by atoms with Gasteiger partial charge < -0.3 is 10.4 Å². The van der Waals surface area contributed by atoms with Crippen LogP contribution in [-0.2, 0) is 4.79 Å². The second-order valence-electron chi connectivity index (χ2n) is 3.92. The van der Waals surface area contributed by atoms with E-state index in [-0.39, 0.29) is 12.5 Å². The molecule has 0 saturated carbocycles. The largest absolute Gasteiger partial charge is 0.393 e. The van der Waals surface area contributed by atoms with Crippen molar-refractivity contribution in [2.75, 3.05) is 26.7 Å². The van der Waals surface area contributed by atoms with E-state index in [2.05, 4.69) is 17.2 Å². The molecule has 98 valence electrons. The zero-order valence-corrected chi connectivity index (χ0v) is 10.4. The summed E-state index contributed by atoms with van der Waals surface area (Å²) in [5.74, 6) is -0.375. The van der Waals surface area contributed by atoms with Crippen molar-refractivity contribution in [1.29, 1.82) is 0 Å². The van der Waals surface area contributed by atoms with Gasteiger partial charge in [0.25, 0.3) is 0 Å². The summed E-state index contributed by atoms with van der Waals surface area (Å²) >= 11 is 0. The Kier molecular flexibility index (Phi) is 8.00. The van der Waals surface area contributed by atoms with Crippen LogP contribution in [0.15, 0.2) is 12.7 Å². The number of hydrogen-bond donors (Lipinski definition) is 3. The number of hydrogen-bond acceptors (Lipinski definition) is 4. The SMILES string of the molecule is C=CCNC(=O)NC(=O)CN(C)CCC(C)O. The quantitative estimate of drug-likeness (QED) is 0.536. The highest BCUT2D eigenvalue weighted by Crippen LogP contribution is 1.92. The third kappa shape index (κ3) is 9.52. The van der Waals surface area contributed by atoms with E-state index in [1.54, 1.807) is 18.9 Å². The number of aliphatic hydroxyl groups excluding tert-OH is 1. The lowest BCUT2D eigenvalue weighted by atomic mass is 10.3. The number of amides is 3. The molecule has 0 radical (unpaired) electrons. The molecule has 17 heavy (non-hydrogen) atoms. The Bertz CT molecular complexity index is 267. The Morgan fingerprint density at radius 2 is 2.18 bits per heavy atom. The zero-order chi connectivity index (χ0) is 13.3. The van der Waals surface area contributed by atoms with Gasteiger partial charge in [0.2, 0.25) is 5.91 Å². The first kappa shape index (κ1) is 15.6. The topological polar surface area (TPSA) is 81.7 Å². The van der Waals surface area contributed by atoms with E-state index in [1.165, 1.54) is 6.08 Å². The van der Waals surface area contributed by atoms with Gasteiger partial charge in [0.05, 0.1) is 12.6 Å². The maximum atomic E-state index is 11.4. The molecular formula is C11H21N3O3. The number of carbonyl (C=O) groups excluding carboxylic acids is 2. The minimum absolute atomic E-state index is 0.119. The predicted octanol–water partition coefficient (Wildman–Crippen LogP) is -0.299. The second-order valence-corrected chi connectivity index (χ2v) is 3.92. The Morgan fingerprint density at radius 1 is 1.53 bits per heavy atom. The van der Waals surface area contributed by atoms with Gasteiger partial charge in [0, 0.05) is 13.1 Å². The van der Waals surface area contributed by atoms with Crippen molar-refractivity contribution < 1.29 is 14.7 Å². The molecule has 0 aromatic rings. The molecule has 0 heterocycles. The lowest BCUT2D eigenvalue weighted by molar-refractivity contribution is -0.120. The summed E-state index contributed by atoms with van der Waals surface area (Å²) in [6.45, 7) is 6.17. The number of nitrogens with one attached hydrogen (secondary N) is 2. The molecule has 6 heteroatoms. The highest BCUT2D eigenvalue weighted by atomic mass is 16.3. The molecule has 1 atom stereocenters. The molecule has 0 spiro atoms. The second kappa shape index (κ2) is 8.72. The summed E-state index contributed by atoms with van der Waals surface area (Å²) in [5, 5.41) is 13.7. The number of likely N-dealkylation sites (N-methyl/N-ethyl adjacent to an activating group) is 1. The fourth-order valence-corrected chi connectivity index (χ4v) is 1.11. The average molecular weight is 243 g/mol. The molecule has 0 bridgehead atoms. The van der Waals surface area contributed by atoms with Gasteiger partial charge in [-0.3, -0.25) is 15.0 Å². The Hall–Kier alpha value is -1.40. The molecule has 0 aliphatic carbocycles. The number of imide groups is 1. The van der Waals surface area contributed by atoms with Crippen LogP contribution in [0.4, 0.5) is 4.79 Å². The Morgan fingerprint density at radius 3 is 2.71 bits per heavy atom. The fraction of sp³-hybridized carbons (Fsp3) is 0.636. The number of urea groups is 1. The van der Waals surface area contributed by atoms with Gasteiger partial charge in [-0.15, -0.1) is 6.58 Å². The number of carbonyl (C=O) groups is 2. The molecule has 3 amide bonds. The molecule has 0 aromatic heterocycles. The summed E-state index contributed by atoms with van der Waals surface area (Å²) in [4.78, 5) is 24.2. The first-order valence-corrected chi connectivity index (χ1v) is 5.51. The molecule has 6 nitrogen and oxygen atoms in total. The van der Waals surface area contributed by atoms with Crippen LogP contribution in [0, 0.1) is 0 Å². The summed E-state index contributed by atoms with van der Waals surface area (Å²) in [5.41, 5.74) is 0. The zero-order valence-electron chi connectivity index (χ0n) is 10.4. The van der Waals surface area contributed by atoms with Crippen molar-refractivity contribution in [3.8, 4) is 0 Å². The molecule has 3 N–H and O–H groups in total. The van der Waals surface area contributed by atoms with Gasteiger partial charge >= 0.3 is 6.03 Å². The summed E-state index contributed by atoms with van der Waals surface area (Å²) in [6.07, 6.45) is 1.72. The van der Waals surface area contributed by atoms with E-state index in [0.29, 0.717) is 19.5 Å². The lowest BCUT2D eigenvalue weighted by Gasteiger charge is -2.16. The van der Waals surface area contributed by atoms with Crippen LogP contribution in [0.5, 0.6) is 0 Å². The first-order chi connectivity index (χ1) is 7.95. The van der Waals surface area contributed by atoms with Gasteiger partial charge in [-0.1, -0.05) is 6.08 Å².